The van der Waals surface area contributed by atoms with Crippen molar-refractivity contribution in [2.75, 3.05) is 45.9 Å². The second-order valence-electron chi connectivity index (χ2n) is 8.29. The smallest absolute Gasteiger partial charge is 0.267 e. The molecule has 178 valence electrons. The van der Waals surface area contributed by atoms with Gasteiger partial charge in [-0.15, -0.1) is 0 Å². The van der Waals surface area contributed by atoms with E-state index in [1.807, 2.05) is 23.2 Å². The van der Waals surface area contributed by atoms with Gasteiger partial charge in [0.2, 0.25) is 0 Å². The van der Waals surface area contributed by atoms with Gasteiger partial charge in [-0.25, -0.2) is 5.48 Å². The Morgan fingerprint density at radius 1 is 1.09 bits per heavy atom. The van der Waals surface area contributed by atoms with E-state index in [9.17, 15) is 9.59 Å². The molecule has 8 nitrogen and oxygen atoms in total. The average molecular weight is 463 g/mol. The van der Waals surface area contributed by atoms with Gasteiger partial charge in [-0.3, -0.25) is 19.7 Å². The fourth-order valence-corrected chi connectivity index (χ4v) is 4.12. The molecule has 0 radical (unpaired) electrons. The lowest BCUT2D eigenvalue weighted by Crippen LogP contribution is -2.43. The first-order chi connectivity index (χ1) is 16.6. The van der Waals surface area contributed by atoms with Crippen LogP contribution in [0.15, 0.2) is 60.8 Å². The van der Waals surface area contributed by atoms with Gasteiger partial charge < -0.3 is 14.6 Å². The zero-order valence-electron chi connectivity index (χ0n) is 19.1. The highest BCUT2D eigenvalue weighted by Crippen LogP contribution is 2.19. The van der Waals surface area contributed by atoms with Crippen LogP contribution in [-0.4, -0.2) is 77.7 Å². The van der Waals surface area contributed by atoms with Gasteiger partial charge in [0.25, 0.3) is 11.8 Å². The fraction of sp³-hybridized carbons (Fsp3) is 0.308. The summed E-state index contributed by atoms with van der Waals surface area (Å²) in [6, 6.07) is 15.3. The van der Waals surface area contributed by atoms with Gasteiger partial charge in [0.15, 0.2) is 0 Å². The van der Waals surface area contributed by atoms with Gasteiger partial charge in [-0.1, -0.05) is 30.3 Å². The van der Waals surface area contributed by atoms with Crippen molar-refractivity contribution in [1.29, 1.82) is 0 Å². The van der Waals surface area contributed by atoms with Crippen LogP contribution in [0, 0.1) is 0 Å². The van der Waals surface area contributed by atoms with E-state index >= 15 is 0 Å². The maximum absolute atomic E-state index is 13.4. The molecule has 1 aromatic heterocycles. The Morgan fingerprint density at radius 2 is 1.85 bits per heavy atom. The molecule has 3 N–H and O–H groups in total. The summed E-state index contributed by atoms with van der Waals surface area (Å²) in [5, 5.41) is 9.79. The number of carbonyl (C=O) groups excluding carboxylic acids is 2. The van der Waals surface area contributed by atoms with Gasteiger partial charge >= 0.3 is 0 Å². The van der Waals surface area contributed by atoms with Crippen molar-refractivity contribution in [1.82, 2.24) is 20.3 Å². The number of nitrogens with zero attached hydrogens (tertiary/aromatic N) is 2. The number of fused-ring (bicyclic) bond motifs is 1. The topological polar surface area (TPSA) is 97.9 Å². The second-order valence-corrected chi connectivity index (χ2v) is 8.29. The lowest BCUT2D eigenvalue weighted by Gasteiger charge is -2.30. The molecule has 1 fully saturated rings. The zero-order valence-corrected chi connectivity index (χ0v) is 19.1. The summed E-state index contributed by atoms with van der Waals surface area (Å²) in [6.07, 6.45) is 5.59. The van der Waals surface area contributed by atoms with Crippen LogP contribution in [0.3, 0.4) is 0 Å². The number of rotatable bonds is 9. The van der Waals surface area contributed by atoms with Crippen LogP contribution in [0.5, 0.6) is 0 Å². The van der Waals surface area contributed by atoms with Crippen molar-refractivity contribution >= 4 is 28.8 Å². The molecule has 0 unspecified atom stereocenters. The molecule has 8 heteroatoms. The van der Waals surface area contributed by atoms with Gasteiger partial charge in [0.1, 0.15) is 0 Å². The molecular formula is C26H30N4O4. The van der Waals surface area contributed by atoms with Crippen LogP contribution >= 0.6 is 0 Å². The number of ether oxygens (including phenoxy) is 1. The maximum Gasteiger partial charge on any atom is 0.267 e. The first-order valence-electron chi connectivity index (χ1n) is 11.5. The predicted molar refractivity (Wildman–Crippen MR) is 131 cm³/mol. The summed E-state index contributed by atoms with van der Waals surface area (Å²) in [5.41, 5.74) is 5.22. The van der Waals surface area contributed by atoms with Crippen LogP contribution in [0.25, 0.3) is 17.0 Å². The van der Waals surface area contributed by atoms with Crippen molar-refractivity contribution in [3.8, 4) is 0 Å². The number of carbonyl (C=O) groups is 2. The number of nitrogens with one attached hydrogen (secondary N) is 2. The molecule has 1 saturated heterocycles. The van der Waals surface area contributed by atoms with Crippen LogP contribution in [-0.2, 0) is 16.0 Å². The maximum atomic E-state index is 13.4. The fourth-order valence-electron chi connectivity index (χ4n) is 4.12. The Kier molecular flexibility index (Phi) is 8.08. The van der Waals surface area contributed by atoms with E-state index in [1.165, 1.54) is 17.0 Å². The van der Waals surface area contributed by atoms with Crippen LogP contribution < -0.4 is 5.48 Å². The SMILES string of the molecule is O=C(/C=C/c1ccc(C(=O)N(CCc2c[nH]c3ccccc23)CCN2CCOCC2)cc1)NO. The number of aromatic nitrogens is 1. The normalized spacial score (nSPS) is 14.5. The van der Waals surface area contributed by atoms with Crippen LogP contribution in [0.2, 0.25) is 0 Å². The molecule has 0 spiro atoms. The van der Waals surface area contributed by atoms with E-state index in [0.29, 0.717) is 18.7 Å². The van der Waals surface area contributed by atoms with E-state index in [2.05, 4.69) is 22.0 Å². The highest BCUT2D eigenvalue weighted by molar-refractivity contribution is 5.95. The molecule has 0 bridgehead atoms. The number of hydrogen-bond acceptors (Lipinski definition) is 5. The minimum absolute atomic E-state index is 0.0169. The molecular weight excluding hydrogens is 432 g/mol. The van der Waals surface area contributed by atoms with Gasteiger partial charge in [0.05, 0.1) is 13.2 Å². The summed E-state index contributed by atoms with van der Waals surface area (Å²) < 4.78 is 5.44. The van der Waals surface area contributed by atoms with Gasteiger partial charge in [-0.05, 0) is 41.8 Å². The summed E-state index contributed by atoms with van der Waals surface area (Å²) in [7, 11) is 0. The van der Waals surface area contributed by atoms with Crippen molar-refractivity contribution < 1.29 is 19.5 Å². The Bertz CT molecular complexity index is 1130. The van der Waals surface area contributed by atoms with Crippen molar-refractivity contribution in [3.63, 3.8) is 0 Å². The molecule has 2 aromatic carbocycles. The summed E-state index contributed by atoms with van der Waals surface area (Å²) in [6.45, 7) is 5.28. The van der Waals surface area contributed by atoms with Gasteiger partial charge in [-0.2, -0.15) is 0 Å². The quantitative estimate of drug-likeness (QED) is 0.258. The standard InChI is InChI=1S/C26H30N4O4/c31-25(28-33)10-7-20-5-8-21(9-6-20)26(32)30(14-13-29-15-17-34-18-16-29)12-11-22-19-27-24-4-2-1-3-23(22)24/h1-10,19,27,33H,11-18H2,(H,28,31)/b10-7+. The van der Waals surface area contributed by atoms with Crippen molar-refractivity contribution in [2.24, 2.45) is 0 Å². The first-order valence-corrected chi connectivity index (χ1v) is 11.5. The number of H-pyrrole nitrogens is 1. The number of aromatic amines is 1. The van der Waals surface area contributed by atoms with E-state index in [0.717, 1.165) is 50.3 Å². The molecule has 1 aliphatic rings. The third-order valence-electron chi connectivity index (χ3n) is 6.10. The second kappa shape index (κ2) is 11.6. The lowest BCUT2D eigenvalue weighted by atomic mass is 10.1. The third-order valence-corrected chi connectivity index (χ3v) is 6.10. The molecule has 4 rings (SSSR count). The van der Waals surface area contributed by atoms with Gasteiger partial charge in [0, 0.05) is 61.5 Å². The van der Waals surface area contributed by atoms with Crippen molar-refractivity contribution in [3.05, 3.63) is 77.5 Å². The lowest BCUT2D eigenvalue weighted by molar-refractivity contribution is -0.124. The number of benzene rings is 2. The van der Waals surface area contributed by atoms with Crippen molar-refractivity contribution in [2.45, 2.75) is 6.42 Å². The number of hydrogen-bond donors (Lipinski definition) is 3. The molecule has 34 heavy (non-hydrogen) atoms. The summed E-state index contributed by atoms with van der Waals surface area (Å²) in [5.74, 6) is -0.622. The first kappa shape index (κ1) is 23.7. The minimum Gasteiger partial charge on any atom is -0.379 e. The molecule has 2 amide bonds. The third kappa shape index (κ3) is 6.11. The monoisotopic (exact) mass is 462 g/mol. The minimum atomic E-state index is -0.605. The highest BCUT2D eigenvalue weighted by atomic mass is 16.5. The van der Waals surface area contributed by atoms with E-state index in [-0.39, 0.29) is 5.91 Å². The summed E-state index contributed by atoms with van der Waals surface area (Å²) >= 11 is 0. The predicted octanol–water partition coefficient (Wildman–Crippen LogP) is 2.70. The number of morpholine rings is 1. The number of para-hydroxylation sites is 1. The molecule has 0 saturated carbocycles. The molecule has 2 heterocycles. The Morgan fingerprint density at radius 3 is 2.62 bits per heavy atom. The molecule has 0 atom stereocenters. The van der Waals surface area contributed by atoms with E-state index in [4.69, 9.17) is 9.94 Å². The van der Waals surface area contributed by atoms with Crippen LogP contribution in [0.4, 0.5) is 0 Å². The van der Waals surface area contributed by atoms with E-state index < -0.39 is 5.91 Å². The number of amides is 2. The Hall–Kier alpha value is -3.46. The Labute approximate surface area is 198 Å². The largest absolute Gasteiger partial charge is 0.379 e. The molecule has 0 aliphatic carbocycles. The summed E-state index contributed by atoms with van der Waals surface area (Å²) in [4.78, 5) is 32.2. The molecule has 3 aromatic rings. The zero-order chi connectivity index (χ0) is 23.8. The van der Waals surface area contributed by atoms with Crippen LogP contribution in [0.1, 0.15) is 21.5 Å². The average Bonchev–Trinajstić information content (AvgIpc) is 3.31. The molecule has 1 aliphatic heterocycles. The van der Waals surface area contributed by atoms with E-state index in [1.54, 1.807) is 35.8 Å². The number of hydroxylamine groups is 1. The Balaban J connectivity index is 1.46. The highest BCUT2D eigenvalue weighted by Gasteiger charge is 2.19.